The van der Waals surface area contributed by atoms with Crippen molar-refractivity contribution in [2.45, 2.75) is 20.4 Å². The van der Waals surface area contributed by atoms with Gasteiger partial charge in [0.25, 0.3) is 0 Å². The van der Waals surface area contributed by atoms with Crippen LogP contribution in [0.2, 0.25) is 0 Å². The molecule has 3 rings (SSSR count). The van der Waals surface area contributed by atoms with Crippen molar-refractivity contribution in [3.63, 3.8) is 0 Å². The van der Waals surface area contributed by atoms with Crippen molar-refractivity contribution in [1.82, 2.24) is 15.5 Å². The summed E-state index contributed by atoms with van der Waals surface area (Å²) in [4.78, 5) is 0. The number of aromatic nitrogens is 2. The van der Waals surface area contributed by atoms with Crippen LogP contribution in [-0.4, -0.2) is 24.0 Å². The molecule has 2 aromatic rings. The van der Waals surface area contributed by atoms with Crippen molar-refractivity contribution in [2.75, 3.05) is 13.8 Å². The highest BCUT2D eigenvalue weighted by Crippen LogP contribution is 2.38. The number of hydrogen-bond acceptors (Lipinski definition) is 4. The van der Waals surface area contributed by atoms with Gasteiger partial charge in [0.1, 0.15) is 0 Å². The average molecular weight is 259 g/mol. The lowest BCUT2D eigenvalue weighted by Crippen LogP contribution is -2.06. The van der Waals surface area contributed by atoms with E-state index in [9.17, 15) is 0 Å². The highest BCUT2D eigenvalue weighted by Gasteiger charge is 2.19. The van der Waals surface area contributed by atoms with Gasteiger partial charge in [0.2, 0.25) is 6.79 Å². The number of nitrogens with one attached hydrogen (secondary N) is 2. The minimum Gasteiger partial charge on any atom is -0.454 e. The summed E-state index contributed by atoms with van der Waals surface area (Å²) in [6.45, 7) is 5.21. The third-order valence-corrected chi connectivity index (χ3v) is 3.44. The monoisotopic (exact) mass is 259 g/mol. The second-order valence-corrected chi connectivity index (χ2v) is 4.73. The number of nitrogens with zero attached hydrogens (tertiary/aromatic N) is 1. The fraction of sp³-hybridized carbons (Fsp3) is 0.357. The van der Waals surface area contributed by atoms with Gasteiger partial charge >= 0.3 is 0 Å². The van der Waals surface area contributed by atoms with Crippen molar-refractivity contribution < 1.29 is 9.47 Å². The maximum absolute atomic E-state index is 5.44. The van der Waals surface area contributed by atoms with Gasteiger partial charge in [-0.25, -0.2) is 0 Å². The van der Waals surface area contributed by atoms with Crippen molar-refractivity contribution in [1.29, 1.82) is 0 Å². The highest BCUT2D eigenvalue weighted by atomic mass is 16.7. The molecule has 19 heavy (non-hydrogen) atoms. The Morgan fingerprint density at radius 1 is 1.26 bits per heavy atom. The molecule has 1 aromatic heterocycles. The largest absolute Gasteiger partial charge is 0.454 e. The molecule has 100 valence electrons. The maximum Gasteiger partial charge on any atom is 0.231 e. The Labute approximate surface area is 111 Å². The Hall–Kier alpha value is -2.01. The lowest BCUT2D eigenvalue weighted by molar-refractivity contribution is 0.174. The van der Waals surface area contributed by atoms with E-state index in [0.717, 1.165) is 46.1 Å². The number of benzene rings is 1. The molecule has 1 aliphatic heterocycles. The van der Waals surface area contributed by atoms with Crippen molar-refractivity contribution in [3.05, 3.63) is 29.0 Å². The molecular weight excluding hydrogens is 242 g/mol. The number of fused-ring (bicyclic) bond motifs is 1. The van der Waals surface area contributed by atoms with Gasteiger partial charge in [-0.15, -0.1) is 0 Å². The summed E-state index contributed by atoms with van der Waals surface area (Å²) >= 11 is 0. The molecule has 0 aliphatic carbocycles. The number of hydrogen-bond donors (Lipinski definition) is 2. The minimum absolute atomic E-state index is 0.294. The van der Waals surface area contributed by atoms with E-state index in [2.05, 4.69) is 29.4 Å². The Morgan fingerprint density at radius 3 is 2.74 bits per heavy atom. The molecule has 2 N–H and O–H groups in total. The number of rotatable bonds is 3. The van der Waals surface area contributed by atoms with Gasteiger partial charge in [0.05, 0.1) is 11.4 Å². The minimum atomic E-state index is 0.294. The van der Waals surface area contributed by atoms with E-state index in [0.29, 0.717) is 6.79 Å². The van der Waals surface area contributed by atoms with Crippen LogP contribution in [-0.2, 0) is 6.54 Å². The number of aromatic amines is 1. The third kappa shape index (κ3) is 1.96. The molecule has 5 nitrogen and oxygen atoms in total. The standard InChI is InChI=1S/C14H17N3O2/c1-8-4-12-13(19-7-18-12)5-10(8)14-9(2)11(6-15-3)16-17-14/h4-5,15H,6-7H2,1-3H3,(H,16,17). The van der Waals surface area contributed by atoms with Crippen LogP contribution < -0.4 is 14.8 Å². The van der Waals surface area contributed by atoms with E-state index in [1.165, 1.54) is 0 Å². The predicted molar refractivity (Wildman–Crippen MR) is 72.4 cm³/mol. The first-order chi connectivity index (χ1) is 9.20. The van der Waals surface area contributed by atoms with Gasteiger partial charge in [-0.1, -0.05) is 0 Å². The fourth-order valence-electron chi connectivity index (χ4n) is 2.34. The second-order valence-electron chi connectivity index (χ2n) is 4.73. The van der Waals surface area contributed by atoms with E-state index in [1.807, 2.05) is 19.2 Å². The summed E-state index contributed by atoms with van der Waals surface area (Å²) in [5.41, 5.74) is 5.46. The zero-order valence-corrected chi connectivity index (χ0v) is 11.3. The fourth-order valence-corrected chi connectivity index (χ4v) is 2.34. The lowest BCUT2D eigenvalue weighted by atomic mass is 10.0. The van der Waals surface area contributed by atoms with E-state index in [4.69, 9.17) is 9.47 Å². The molecule has 0 spiro atoms. The summed E-state index contributed by atoms with van der Waals surface area (Å²) in [5, 5.41) is 10.6. The van der Waals surface area contributed by atoms with Gasteiger partial charge < -0.3 is 14.8 Å². The van der Waals surface area contributed by atoms with Crippen molar-refractivity contribution in [3.8, 4) is 22.8 Å². The number of H-pyrrole nitrogens is 1. The van der Waals surface area contributed by atoms with Crippen LogP contribution in [0.3, 0.4) is 0 Å². The number of ether oxygens (including phenoxy) is 2. The van der Waals surface area contributed by atoms with Gasteiger partial charge in [0, 0.05) is 12.1 Å². The van der Waals surface area contributed by atoms with Crippen LogP contribution in [0.25, 0.3) is 11.3 Å². The summed E-state index contributed by atoms with van der Waals surface area (Å²) in [6, 6.07) is 4.01. The molecule has 0 fully saturated rings. The van der Waals surface area contributed by atoms with Crippen LogP contribution >= 0.6 is 0 Å². The highest BCUT2D eigenvalue weighted by molar-refractivity contribution is 5.71. The molecule has 2 heterocycles. The van der Waals surface area contributed by atoms with Gasteiger partial charge in [-0.2, -0.15) is 5.10 Å². The molecule has 0 saturated heterocycles. The maximum atomic E-state index is 5.44. The molecule has 0 radical (unpaired) electrons. The van der Waals surface area contributed by atoms with E-state index in [-0.39, 0.29) is 0 Å². The Balaban J connectivity index is 2.07. The first-order valence-electron chi connectivity index (χ1n) is 6.29. The molecule has 1 aliphatic rings. The van der Waals surface area contributed by atoms with Gasteiger partial charge in [-0.3, -0.25) is 5.10 Å². The molecular formula is C14H17N3O2. The van der Waals surface area contributed by atoms with Crippen molar-refractivity contribution >= 4 is 0 Å². The van der Waals surface area contributed by atoms with Gasteiger partial charge in [0.15, 0.2) is 11.5 Å². The zero-order valence-electron chi connectivity index (χ0n) is 11.3. The molecule has 5 heteroatoms. The van der Waals surface area contributed by atoms with E-state index in [1.54, 1.807) is 0 Å². The van der Waals surface area contributed by atoms with Crippen LogP contribution in [0.1, 0.15) is 16.8 Å². The normalized spacial score (nSPS) is 13.0. The first-order valence-corrected chi connectivity index (χ1v) is 6.29. The topological polar surface area (TPSA) is 59.2 Å². The lowest BCUT2D eigenvalue weighted by Gasteiger charge is -2.06. The van der Waals surface area contributed by atoms with Crippen LogP contribution in [0.4, 0.5) is 0 Å². The van der Waals surface area contributed by atoms with Crippen LogP contribution in [0, 0.1) is 13.8 Å². The Morgan fingerprint density at radius 2 is 2.00 bits per heavy atom. The molecule has 0 saturated carbocycles. The summed E-state index contributed by atoms with van der Waals surface area (Å²) in [5.74, 6) is 1.60. The SMILES string of the molecule is CNCc1[nH]nc(-c2cc3c(cc2C)OCO3)c1C. The summed E-state index contributed by atoms with van der Waals surface area (Å²) in [7, 11) is 1.92. The number of aryl methyl sites for hydroxylation is 1. The van der Waals surface area contributed by atoms with Gasteiger partial charge in [-0.05, 0) is 44.2 Å². The Kier molecular flexibility index (Phi) is 2.91. The first kappa shape index (κ1) is 12.0. The molecule has 0 amide bonds. The van der Waals surface area contributed by atoms with E-state index >= 15 is 0 Å². The summed E-state index contributed by atoms with van der Waals surface area (Å²) in [6.07, 6.45) is 0. The van der Waals surface area contributed by atoms with Crippen LogP contribution in [0.15, 0.2) is 12.1 Å². The molecule has 0 unspecified atom stereocenters. The smallest absolute Gasteiger partial charge is 0.231 e. The summed E-state index contributed by atoms with van der Waals surface area (Å²) < 4.78 is 10.8. The predicted octanol–water partition coefficient (Wildman–Crippen LogP) is 2.14. The van der Waals surface area contributed by atoms with E-state index < -0.39 is 0 Å². The Bertz CT molecular complexity index is 619. The third-order valence-electron chi connectivity index (χ3n) is 3.44. The van der Waals surface area contributed by atoms with Crippen LogP contribution in [0.5, 0.6) is 11.5 Å². The average Bonchev–Trinajstić information content (AvgIpc) is 2.97. The molecule has 1 aromatic carbocycles. The molecule has 0 atom stereocenters. The van der Waals surface area contributed by atoms with Crippen molar-refractivity contribution in [2.24, 2.45) is 0 Å². The zero-order chi connectivity index (χ0) is 13.4. The quantitative estimate of drug-likeness (QED) is 0.886. The molecule has 0 bridgehead atoms. The second kappa shape index (κ2) is 4.59.